The van der Waals surface area contributed by atoms with Gasteiger partial charge in [-0.25, -0.2) is 0 Å². The molecule has 0 bridgehead atoms. The van der Waals surface area contributed by atoms with Gasteiger partial charge in [-0.2, -0.15) is 0 Å². The molecule has 1 aliphatic rings. The third kappa shape index (κ3) is 4.06. The van der Waals surface area contributed by atoms with Crippen LogP contribution in [0.25, 0.3) is 0 Å². The molecule has 0 spiro atoms. The smallest absolute Gasteiger partial charge is 0.269 e. The third-order valence-corrected chi connectivity index (χ3v) is 3.02. The zero-order valence-electron chi connectivity index (χ0n) is 11.0. The van der Waals surface area contributed by atoms with E-state index in [0.29, 0.717) is 18.4 Å². The van der Waals surface area contributed by atoms with E-state index in [2.05, 4.69) is 11.9 Å². The van der Waals surface area contributed by atoms with Gasteiger partial charge in [0, 0.05) is 24.7 Å². The molecule has 0 amide bonds. The first-order chi connectivity index (χ1) is 9.06. The summed E-state index contributed by atoms with van der Waals surface area (Å²) in [6.45, 7) is 6.94. The molecule has 0 saturated heterocycles. The van der Waals surface area contributed by atoms with Crippen molar-refractivity contribution in [2.75, 3.05) is 13.2 Å². The molecular formula is C14H18N2O3. The summed E-state index contributed by atoms with van der Waals surface area (Å²) in [7, 11) is 0. The fourth-order valence-corrected chi connectivity index (χ4v) is 1.72. The van der Waals surface area contributed by atoms with Gasteiger partial charge in [-0.1, -0.05) is 6.58 Å². The SMILES string of the molecule is C=C(CNC1CC1)COc1ccc([N+](=O)[O-])cc1C. The van der Waals surface area contributed by atoms with Crippen LogP contribution in [0.4, 0.5) is 5.69 Å². The Balaban J connectivity index is 1.84. The Morgan fingerprint density at radius 2 is 2.32 bits per heavy atom. The fraction of sp³-hybridized carbons (Fsp3) is 0.429. The summed E-state index contributed by atoms with van der Waals surface area (Å²) in [5.41, 5.74) is 1.82. The molecule has 5 heteroatoms. The van der Waals surface area contributed by atoms with E-state index in [0.717, 1.165) is 17.7 Å². The number of non-ortho nitro benzene ring substituents is 1. The Bertz CT molecular complexity index is 495. The average Bonchev–Trinajstić information content (AvgIpc) is 3.18. The number of aryl methyl sites for hydroxylation is 1. The maximum atomic E-state index is 10.6. The summed E-state index contributed by atoms with van der Waals surface area (Å²) in [4.78, 5) is 10.2. The Hall–Kier alpha value is -1.88. The second-order valence-electron chi connectivity index (χ2n) is 4.90. The lowest BCUT2D eigenvalue weighted by Crippen LogP contribution is -2.21. The fourth-order valence-electron chi connectivity index (χ4n) is 1.72. The predicted molar refractivity (Wildman–Crippen MR) is 73.5 cm³/mol. The van der Waals surface area contributed by atoms with Gasteiger partial charge in [0.2, 0.25) is 0 Å². The first-order valence-corrected chi connectivity index (χ1v) is 6.34. The zero-order chi connectivity index (χ0) is 13.8. The van der Waals surface area contributed by atoms with Crippen LogP contribution in [0.5, 0.6) is 5.75 Å². The maximum absolute atomic E-state index is 10.6. The van der Waals surface area contributed by atoms with Crippen molar-refractivity contribution in [2.24, 2.45) is 0 Å². The van der Waals surface area contributed by atoms with Crippen LogP contribution in [0, 0.1) is 17.0 Å². The lowest BCUT2D eigenvalue weighted by atomic mass is 10.2. The van der Waals surface area contributed by atoms with Crippen LogP contribution >= 0.6 is 0 Å². The molecule has 1 aliphatic carbocycles. The molecule has 5 nitrogen and oxygen atoms in total. The van der Waals surface area contributed by atoms with Gasteiger partial charge in [-0.05, 0) is 37.0 Å². The second-order valence-corrected chi connectivity index (χ2v) is 4.90. The molecule has 102 valence electrons. The quantitative estimate of drug-likeness (QED) is 0.466. The molecule has 1 aromatic rings. The number of nitro groups is 1. The summed E-state index contributed by atoms with van der Waals surface area (Å²) < 4.78 is 5.62. The Morgan fingerprint density at radius 1 is 1.58 bits per heavy atom. The lowest BCUT2D eigenvalue weighted by Gasteiger charge is -2.11. The molecule has 19 heavy (non-hydrogen) atoms. The highest BCUT2D eigenvalue weighted by molar-refractivity contribution is 5.43. The van der Waals surface area contributed by atoms with Gasteiger partial charge in [0.15, 0.2) is 0 Å². The van der Waals surface area contributed by atoms with E-state index >= 15 is 0 Å². The number of nitrogens with one attached hydrogen (secondary N) is 1. The van der Waals surface area contributed by atoms with E-state index in [1.807, 2.05) is 0 Å². The van der Waals surface area contributed by atoms with E-state index in [-0.39, 0.29) is 5.69 Å². The summed E-state index contributed by atoms with van der Waals surface area (Å²) in [5, 5.41) is 14.0. The van der Waals surface area contributed by atoms with Gasteiger partial charge in [-0.15, -0.1) is 0 Å². The van der Waals surface area contributed by atoms with Crippen molar-refractivity contribution in [3.8, 4) is 5.75 Å². The van der Waals surface area contributed by atoms with Crippen molar-refractivity contribution in [1.82, 2.24) is 5.32 Å². The molecule has 0 aliphatic heterocycles. The number of hydrogen-bond acceptors (Lipinski definition) is 4. The average molecular weight is 262 g/mol. The Kier molecular flexibility index (Phi) is 4.16. The van der Waals surface area contributed by atoms with Gasteiger partial charge in [0.05, 0.1) is 4.92 Å². The lowest BCUT2D eigenvalue weighted by molar-refractivity contribution is -0.384. The van der Waals surface area contributed by atoms with Crippen molar-refractivity contribution in [3.63, 3.8) is 0 Å². The molecule has 1 fully saturated rings. The zero-order valence-corrected chi connectivity index (χ0v) is 11.0. The molecule has 0 unspecified atom stereocenters. The summed E-state index contributed by atoms with van der Waals surface area (Å²) in [5.74, 6) is 0.665. The number of benzene rings is 1. The minimum Gasteiger partial charge on any atom is -0.489 e. The van der Waals surface area contributed by atoms with E-state index < -0.39 is 4.92 Å². The first kappa shape index (κ1) is 13.5. The van der Waals surface area contributed by atoms with Crippen molar-refractivity contribution < 1.29 is 9.66 Å². The highest BCUT2D eigenvalue weighted by Crippen LogP contribution is 2.23. The van der Waals surface area contributed by atoms with E-state index in [1.54, 1.807) is 13.0 Å². The van der Waals surface area contributed by atoms with E-state index in [1.165, 1.54) is 25.0 Å². The van der Waals surface area contributed by atoms with Crippen LogP contribution in [-0.2, 0) is 0 Å². The Labute approximate surface area is 112 Å². The van der Waals surface area contributed by atoms with Crippen LogP contribution < -0.4 is 10.1 Å². The molecule has 0 radical (unpaired) electrons. The topological polar surface area (TPSA) is 64.4 Å². The largest absolute Gasteiger partial charge is 0.489 e. The normalized spacial score (nSPS) is 14.2. The van der Waals surface area contributed by atoms with Gasteiger partial charge in [0.1, 0.15) is 12.4 Å². The highest BCUT2D eigenvalue weighted by atomic mass is 16.6. The van der Waals surface area contributed by atoms with Gasteiger partial charge < -0.3 is 10.1 Å². The van der Waals surface area contributed by atoms with Crippen molar-refractivity contribution >= 4 is 5.69 Å². The first-order valence-electron chi connectivity index (χ1n) is 6.34. The van der Waals surface area contributed by atoms with Gasteiger partial charge in [-0.3, -0.25) is 10.1 Å². The summed E-state index contributed by atoms with van der Waals surface area (Å²) in [6, 6.07) is 5.25. The molecule has 0 heterocycles. The predicted octanol–water partition coefficient (Wildman–Crippen LogP) is 2.59. The molecular weight excluding hydrogens is 244 g/mol. The molecule has 1 aromatic carbocycles. The van der Waals surface area contributed by atoms with Crippen molar-refractivity contribution in [3.05, 3.63) is 46.0 Å². The molecule has 1 saturated carbocycles. The number of nitro benzene ring substituents is 1. The third-order valence-electron chi connectivity index (χ3n) is 3.02. The minimum absolute atomic E-state index is 0.0825. The number of nitrogens with zero attached hydrogens (tertiary/aromatic N) is 1. The molecule has 0 atom stereocenters. The standard InChI is InChI=1S/C14H18N2O3/c1-10(8-15-12-3-4-12)9-19-14-6-5-13(16(17)18)7-11(14)2/h5-7,12,15H,1,3-4,8-9H2,2H3. The monoisotopic (exact) mass is 262 g/mol. The van der Waals surface area contributed by atoms with Crippen LogP contribution in [0.1, 0.15) is 18.4 Å². The summed E-state index contributed by atoms with van der Waals surface area (Å²) in [6.07, 6.45) is 2.49. The highest BCUT2D eigenvalue weighted by Gasteiger charge is 2.20. The van der Waals surface area contributed by atoms with E-state index in [4.69, 9.17) is 4.74 Å². The van der Waals surface area contributed by atoms with Crippen LogP contribution in [-0.4, -0.2) is 24.1 Å². The Morgan fingerprint density at radius 3 is 2.89 bits per heavy atom. The van der Waals surface area contributed by atoms with Crippen LogP contribution in [0.15, 0.2) is 30.4 Å². The minimum atomic E-state index is -0.407. The number of rotatable bonds is 7. The maximum Gasteiger partial charge on any atom is 0.269 e. The molecule has 0 aromatic heterocycles. The van der Waals surface area contributed by atoms with Crippen LogP contribution in [0.3, 0.4) is 0 Å². The van der Waals surface area contributed by atoms with E-state index in [9.17, 15) is 10.1 Å². The van der Waals surface area contributed by atoms with Gasteiger partial charge in [0.25, 0.3) is 5.69 Å². The summed E-state index contributed by atoms with van der Waals surface area (Å²) >= 11 is 0. The molecule has 2 rings (SSSR count). The molecule has 1 N–H and O–H groups in total. The van der Waals surface area contributed by atoms with Crippen molar-refractivity contribution in [2.45, 2.75) is 25.8 Å². The number of hydrogen-bond donors (Lipinski definition) is 1. The second kappa shape index (κ2) is 5.84. The van der Waals surface area contributed by atoms with Crippen LogP contribution in [0.2, 0.25) is 0 Å². The number of ether oxygens (including phenoxy) is 1. The van der Waals surface area contributed by atoms with Gasteiger partial charge >= 0.3 is 0 Å². The van der Waals surface area contributed by atoms with Crippen molar-refractivity contribution in [1.29, 1.82) is 0 Å².